The molecular formula is C35H36N+. The Labute approximate surface area is 215 Å². The van der Waals surface area contributed by atoms with Gasteiger partial charge in [-0.05, 0) is 70.9 Å². The van der Waals surface area contributed by atoms with Gasteiger partial charge in [0.15, 0.2) is 12.7 Å². The van der Waals surface area contributed by atoms with Crippen molar-refractivity contribution in [2.24, 2.45) is 0 Å². The van der Waals surface area contributed by atoms with Crippen LogP contribution in [0.25, 0.3) is 16.7 Å². The molecule has 1 nitrogen and oxygen atoms in total. The van der Waals surface area contributed by atoms with Gasteiger partial charge in [0.05, 0.1) is 5.56 Å². The van der Waals surface area contributed by atoms with Crippen LogP contribution in [0.3, 0.4) is 0 Å². The summed E-state index contributed by atoms with van der Waals surface area (Å²) in [7, 11) is 0. The van der Waals surface area contributed by atoms with Crippen molar-refractivity contribution in [1.29, 1.82) is 0 Å². The van der Waals surface area contributed by atoms with Crippen LogP contribution in [0.5, 0.6) is 0 Å². The molecule has 0 bridgehead atoms. The highest BCUT2D eigenvalue weighted by atomic mass is 15.0. The molecule has 0 radical (unpaired) electrons. The van der Waals surface area contributed by atoms with E-state index in [1.165, 1.54) is 92.0 Å². The van der Waals surface area contributed by atoms with Crippen LogP contribution >= 0.6 is 0 Å². The summed E-state index contributed by atoms with van der Waals surface area (Å²) in [5.74, 6) is 1.81. The Morgan fingerprint density at radius 3 is 1.89 bits per heavy atom. The van der Waals surface area contributed by atoms with Crippen molar-refractivity contribution >= 4 is 11.3 Å². The van der Waals surface area contributed by atoms with Gasteiger partial charge in [0, 0.05) is 11.1 Å². The topological polar surface area (TPSA) is 3.01 Å². The molecule has 0 saturated heterocycles. The fraction of sp³-hybridized carbons (Fsp3) is 0.400. The van der Waals surface area contributed by atoms with Crippen molar-refractivity contribution in [3.05, 3.63) is 100 Å². The highest BCUT2D eigenvalue weighted by molar-refractivity contribution is 6.19. The lowest BCUT2D eigenvalue weighted by atomic mass is 9.69. The summed E-state index contributed by atoms with van der Waals surface area (Å²) in [5.41, 5.74) is 15.6. The second kappa shape index (κ2) is 8.30. The Kier molecular flexibility index (Phi) is 4.88. The van der Waals surface area contributed by atoms with Crippen LogP contribution in [0.2, 0.25) is 0 Å². The summed E-state index contributed by atoms with van der Waals surface area (Å²) in [6, 6.07) is 23.7. The Morgan fingerprint density at radius 2 is 1.17 bits per heavy atom. The van der Waals surface area contributed by atoms with Gasteiger partial charge in [-0.25, -0.2) is 0 Å². The molecule has 2 aliphatic heterocycles. The third kappa shape index (κ3) is 3.04. The molecule has 36 heavy (non-hydrogen) atoms. The first-order valence-corrected chi connectivity index (χ1v) is 14.6. The van der Waals surface area contributed by atoms with E-state index in [0.29, 0.717) is 5.92 Å². The third-order valence-electron chi connectivity index (χ3n) is 10.0. The van der Waals surface area contributed by atoms with Crippen molar-refractivity contribution in [2.75, 3.05) is 0 Å². The molecule has 2 fully saturated rings. The summed E-state index contributed by atoms with van der Waals surface area (Å²) in [5, 5.41) is 0. The average molecular weight is 471 g/mol. The van der Waals surface area contributed by atoms with Crippen LogP contribution in [0.15, 0.2) is 66.9 Å². The van der Waals surface area contributed by atoms with Gasteiger partial charge in [-0.1, -0.05) is 99.2 Å². The summed E-state index contributed by atoms with van der Waals surface area (Å²) < 4.78 is 2.62. The lowest BCUT2D eigenvalue weighted by molar-refractivity contribution is -0.465. The lowest BCUT2D eigenvalue weighted by Gasteiger charge is -2.32. The molecular weight excluding hydrogens is 434 g/mol. The molecule has 3 aromatic rings. The van der Waals surface area contributed by atoms with Crippen LogP contribution in [0.1, 0.15) is 115 Å². The maximum Gasteiger partial charge on any atom is 0.202 e. The van der Waals surface area contributed by atoms with E-state index in [9.17, 15) is 0 Å². The van der Waals surface area contributed by atoms with Crippen molar-refractivity contribution in [3.63, 3.8) is 0 Å². The fourth-order valence-corrected chi connectivity index (χ4v) is 8.43. The second-order valence-electron chi connectivity index (χ2n) is 11.9. The van der Waals surface area contributed by atoms with Crippen molar-refractivity contribution in [2.45, 2.75) is 88.5 Å². The highest BCUT2D eigenvalue weighted by Gasteiger charge is 2.49. The van der Waals surface area contributed by atoms with Crippen LogP contribution < -0.4 is 0 Å². The Morgan fingerprint density at radius 1 is 0.556 bits per heavy atom. The number of benzene rings is 3. The van der Waals surface area contributed by atoms with Gasteiger partial charge in [-0.15, -0.1) is 0 Å². The smallest absolute Gasteiger partial charge is 0.196 e. The molecule has 8 rings (SSSR count). The van der Waals surface area contributed by atoms with Gasteiger partial charge in [0.2, 0.25) is 5.71 Å². The molecule has 2 heterocycles. The van der Waals surface area contributed by atoms with Crippen LogP contribution in [0, 0.1) is 0 Å². The van der Waals surface area contributed by atoms with E-state index >= 15 is 0 Å². The SMILES string of the molecule is C1=C(c2c(C3CCCCC3)cccc2C2CCCCC2)C2C3=[N+]1Cc1cccc(c13)-c1ccccc12. The number of allylic oxidation sites excluding steroid dienone is 1. The Hall–Kier alpha value is -2.93. The monoisotopic (exact) mass is 470 g/mol. The van der Waals surface area contributed by atoms with E-state index in [-0.39, 0.29) is 0 Å². The van der Waals surface area contributed by atoms with Crippen LogP contribution in [0.4, 0.5) is 0 Å². The third-order valence-corrected chi connectivity index (χ3v) is 10.0. The lowest BCUT2D eigenvalue weighted by Crippen LogP contribution is -2.22. The predicted molar refractivity (Wildman–Crippen MR) is 149 cm³/mol. The molecule has 1 unspecified atom stereocenters. The van der Waals surface area contributed by atoms with Gasteiger partial charge in [-0.2, -0.15) is 4.58 Å². The van der Waals surface area contributed by atoms with Crippen molar-refractivity contribution in [1.82, 2.24) is 0 Å². The first kappa shape index (κ1) is 21.2. The summed E-state index contributed by atoms with van der Waals surface area (Å²) in [6.45, 7) is 1.02. The Bertz CT molecular complexity index is 1390. The van der Waals surface area contributed by atoms with Crippen molar-refractivity contribution in [3.8, 4) is 11.1 Å². The molecule has 0 amide bonds. The largest absolute Gasteiger partial charge is 0.202 e. The number of nitrogens with zero attached hydrogens (tertiary/aromatic N) is 1. The van der Waals surface area contributed by atoms with E-state index in [4.69, 9.17) is 0 Å². The Balaban J connectivity index is 1.35. The number of rotatable bonds is 3. The van der Waals surface area contributed by atoms with Crippen molar-refractivity contribution < 1.29 is 4.58 Å². The van der Waals surface area contributed by atoms with Crippen LogP contribution in [-0.4, -0.2) is 10.3 Å². The van der Waals surface area contributed by atoms with Gasteiger partial charge in [0.1, 0.15) is 5.92 Å². The maximum absolute atomic E-state index is 2.62. The van der Waals surface area contributed by atoms with E-state index in [1.807, 2.05) is 0 Å². The van der Waals surface area contributed by atoms with Crippen LogP contribution in [-0.2, 0) is 6.54 Å². The molecule has 0 aromatic heterocycles. The molecule has 5 aliphatic rings. The zero-order valence-electron chi connectivity index (χ0n) is 21.3. The normalized spacial score (nSPS) is 23.0. The maximum atomic E-state index is 2.62. The zero-order valence-corrected chi connectivity index (χ0v) is 21.3. The van der Waals surface area contributed by atoms with E-state index in [1.54, 1.807) is 28.0 Å². The number of fused-ring (bicyclic) bond motifs is 3. The quantitative estimate of drug-likeness (QED) is 0.336. The summed E-state index contributed by atoms with van der Waals surface area (Å²) >= 11 is 0. The second-order valence-corrected chi connectivity index (χ2v) is 11.9. The summed E-state index contributed by atoms with van der Waals surface area (Å²) in [4.78, 5) is 0. The van der Waals surface area contributed by atoms with Gasteiger partial charge in [-0.3, -0.25) is 0 Å². The average Bonchev–Trinajstić information content (AvgIpc) is 3.50. The first-order valence-electron chi connectivity index (χ1n) is 14.6. The molecule has 0 spiro atoms. The standard InChI is InChI=1S/C35H36N/c1-3-11-23(12-4-1)26-18-10-19-27(24-13-5-2-6-14-24)33(26)31-22-36-21-25-15-9-20-29-28-16-7-8-17-30(28)34(31)35(36)32(25)29/h7-10,15-20,22-24,34H,1-6,11-14,21H2/q+1. The minimum absolute atomic E-state index is 0.365. The zero-order chi connectivity index (χ0) is 23.6. The van der Waals surface area contributed by atoms with Gasteiger partial charge >= 0.3 is 0 Å². The van der Waals surface area contributed by atoms with E-state index < -0.39 is 0 Å². The summed E-state index contributed by atoms with van der Waals surface area (Å²) in [6.07, 6.45) is 16.4. The van der Waals surface area contributed by atoms with E-state index in [0.717, 1.165) is 18.4 Å². The fourth-order valence-electron chi connectivity index (χ4n) is 8.43. The molecule has 3 aliphatic carbocycles. The molecule has 0 N–H and O–H groups in total. The minimum Gasteiger partial charge on any atom is -0.196 e. The molecule has 180 valence electrons. The minimum atomic E-state index is 0.365. The van der Waals surface area contributed by atoms with Gasteiger partial charge < -0.3 is 0 Å². The molecule has 3 aromatic carbocycles. The molecule has 1 heteroatoms. The molecule has 1 atom stereocenters. The number of hydrogen-bond acceptors (Lipinski definition) is 0. The molecule has 2 saturated carbocycles. The van der Waals surface area contributed by atoms with Gasteiger partial charge in [0.25, 0.3) is 0 Å². The highest BCUT2D eigenvalue weighted by Crippen LogP contribution is 2.54. The predicted octanol–water partition coefficient (Wildman–Crippen LogP) is 8.92. The first-order chi connectivity index (χ1) is 17.9. The van der Waals surface area contributed by atoms with E-state index in [2.05, 4.69) is 71.4 Å². The number of hydrogen-bond donors (Lipinski definition) is 0.